The Morgan fingerprint density at radius 3 is 2.31 bits per heavy atom. The largest absolute Gasteiger partial charge is 0.371 e. The Hall–Kier alpha value is -2.53. The molecule has 4 rings (SSSR count). The van der Waals surface area contributed by atoms with Crippen LogP contribution in [0.5, 0.6) is 0 Å². The minimum Gasteiger partial charge on any atom is -0.371 e. The standard InChI is InChI=1S/C24H33N5/c1-25-24(26-18-22-12-13-29(20-22)23-10-6-3-7-11-23)28-16-14-27(15-17-28)19-21-8-4-2-5-9-21/h2-11,22H,12-20H2,1H3,(H,25,26). The van der Waals surface area contributed by atoms with Crippen LogP contribution in [0.4, 0.5) is 5.69 Å². The van der Waals surface area contributed by atoms with Crippen molar-refractivity contribution in [2.75, 3.05) is 57.8 Å². The third kappa shape index (κ3) is 5.30. The predicted octanol–water partition coefficient (Wildman–Crippen LogP) is 2.91. The number of guanidine groups is 1. The van der Waals surface area contributed by atoms with Gasteiger partial charge in [0.25, 0.3) is 0 Å². The second-order valence-corrected chi connectivity index (χ2v) is 8.11. The summed E-state index contributed by atoms with van der Waals surface area (Å²) in [5.74, 6) is 1.73. The smallest absolute Gasteiger partial charge is 0.193 e. The van der Waals surface area contributed by atoms with Crippen molar-refractivity contribution in [2.24, 2.45) is 10.9 Å². The van der Waals surface area contributed by atoms with Crippen LogP contribution in [0.2, 0.25) is 0 Å². The maximum absolute atomic E-state index is 4.56. The SMILES string of the molecule is CN=C(NCC1CCN(c2ccccc2)C1)N1CCN(Cc2ccccc2)CC1. The van der Waals surface area contributed by atoms with Gasteiger partial charge in [0.15, 0.2) is 5.96 Å². The first kappa shape index (κ1) is 19.8. The molecule has 2 aromatic carbocycles. The first-order valence-electron chi connectivity index (χ1n) is 10.8. The van der Waals surface area contributed by atoms with E-state index >= 15 is 0 Å². The van der Waals surface area contributed by atoms with Crippen molar-refractivity contribution in [1.29, 1.82) is 0 Å². The molecule has 1 N–H and O–H groups in total. The molecule has 0 saturated carbocycles. The van der Waals surface area contributed by atoms with E-state index in [0.29, 0.717) is 5.92 Å². The predicted molar refractivity (Wildman–Crippen MR) is 121 cm³/mol. The van der Waals surface area contributed by atoms with Crippen LogP contribution < -0.4 is 10.2 Å². The summed E-state index contributed by atoms with van der Waals surface area (Å²) in [5, 5.41) is 3.65. The molecular formula is C24H33N5. The van der Waals surface area contributed by atoms with Crippen molar-refractivity contribution in [3.63, 3.8) is 0 Å². The minimum absolute atomic E-state index is 0.673. The number of hydrogen-bond acceptors (Lipinski definition) is 3. The zero-order valence-corrected chi connectivity index (χ0v) is 17.5. The Morgan fingerprint density at radius 2 is 1.62 bits per heavy atom. The number of rotatable bonds is 5. The van der Waals surface area contributed by atoms with Gasteiger partial charge in [-0.15, -0.1) is 0 Å². The maximum atomic E-state index is 4.56. The summed E-state index contributed by atoms with van der Waals surface area (Å²) in [7, 11) is 1.91. The van der Waals surface area contributed by atoms with E-state index in [0.717, 1.165) is 58.3 Å². The van der Waals surface area contributed by atoms with Crippen LogP contribution in [-0.4, -0.2) is 68.6 Å². The Balaban J connectivity index is 1.21. The van der Waals surface area contributed by atoms with E-state index in [1.165, 1.54) is 17.7 Å². The van der Waals surface area contributed by atoms with E-state index in [9.17, 15) is 0 Å². The van der Waals surface area contributed by atoms with Crippen LogP contribution >= 0.6 is 0 Å². The van der Waals surface area contributed by atoms with Gasteiger partial charge in [-0.1, -0.05) is 48.5 Å². The molecule has 1 unspecified atom stereocenters. The molecule has 2 aliphatic heterocycles. The second-order valence-electron chi connectivity index (χ2n) is 8.11. The summed E-state index contributed by atoms with van der Waals surface area (Å²) in [6, 6.07) is 21.5. The molecule has 0 radical (unpaired) electrons. The van der Waals surface area contributed by atoms with Crippen molar-refractivity contribution in [3.8, 4) is 0 Å². The molecule has 154 valence electrons. The molecule has 2 saturated heterocycles. The lowest BCUT2D eigenvalue weighted by Crippen LogP contribution is -2.52. The van der Waals surface area contributed by atoms with E-state index in [4.69, 9.17) is 0 Å². The fraction of sp³-hybridized carbons (Fsp3) is 0.458. The quantitative estimate of drug-likeness (QED) is 0.628. The highest BCUT2D eigenvalue weighted by Crippen LogP contribution is 2.23. The highest BCUT2D eigenvalue weighted by molar-refractivity contribution is 5.80. The number of nitrogens with one attached hydrogen (secondary N) is 1. The molecule has 5 nitrogen and oxygen atoms in total. The van der Waals surface area contributed by atoms with Gasteiger partial charge in [0.2, 0.25) is 0 Å². The summed E-state index contributed by atoms with van der Waals surface area (Å²) in [6.45, 7) is 8.55. The van der Waals surface area contributed by atoms with Gasteiger partial charge in [0, 0.05) is 65.1 Å². The molecule has 0 aromatic heterocycles. The molecule has 29 heavy (non-hydrogen) atoms. The van der Waals surface area contributed by atoms with Crippen LogP contribution in [0.15, 0.2) is 65.7 Å². The molecule has 2 heterocycles. The third-order valence-corrected chi connectivity index (χ3v) is 6.09. The fourth-order valence-corrected chi connectivity index (χ4v) is 4.40. The molecule has 2 fully saturated rings. The summed E-state index contributed by atoms with van der Waals surface area (Å²) < 4.78 is 0. The summed E-state index contributed by atoms with van der Waals surface area (Å²) in [6.07, 6.45) is 1.24. The average Bonchev–Trinajstić information content (AvgIpc) is 3.26. The Morgan fingerprint density at radius 1 is 0.931 bits per heavy atom. The molecule has 0 aliphatic carbocycles. The minimum atomic E-state index is 0.673. The zero-order chi connectivity index (χ0) is 19.9. The van der Waals surface area contributed by atoms with Crippen LogP contribution in [0.1, 0.15) is 12.0 Å². The number of anilines is 1. The van der Waals surface area contributed by atoms with Gasteiger partial charge >= 0.3 is 0 Å². The molecule has 0 spiro atoms. The number of para-hydroxylation sites is 1. The zero-order valence-electron chi connectivity index (χ0n) is 17.5. The van der Waals surface area contributed by atoms with Gasteiger partial charge in [0.1, 0.15) is 0 Å². The van der Waals surface area contributed by atoms with Gasteiger partial charge in [-0.3, -0.25) is 9.89 Å². The normalized spacial score (nSPS) is 20.9. The Kier molecular flexibility index (Phi) is 6.67. The van der Waals surface area contributed by atoms with E-state index in [1.807, 2.05) is 7.05 Å². The third-order valence-electron chi connectivity index (χ3n) is 6.09. The lowest BCUT2D eigenvalue weighted by Gasteiger charge is -2.36. The highest BCUT2D eigenvalue weighted by atomic mass is 15.3. The summed E-state index contributed by atoms with van der Waals surface area (Å²) >= 11 is 0. The van der Waals surface area contributed by atoms with Crippen molar-refractivity contribution >= 4 is 11.6 Å². The molecule has 0 amide bonds. The lowest BCUT2D eigenvalue weighted by molar-refractivity contribution is 0.172. The van der Waals surface area contributed by atoms with Crippen molar-refractivity contribution in [2.45, 2.75) is 13.0 Å². The molecular weight excluding hydrogens is 358 g/mol. The van der Waals surface area contributed by atoms with Crippen LogP contribution in [0, 0.1) is 5.92 Å². The number of hydrogen-bond donors (Lipinski definition) is 1. The van der Waals surface area contributed by atoms with Crippen LogP contribution in [0.25, 0.3) is 0 Å². The second kappa shape index (κ2) is 9.79. The molecule has 1 atom stereocenters. The number of piperazine rings is 1. The van der Waals surface area contributed by atoms with Gasteiger partial charge in [-0.2, -0.15) is 0 Å². The van der Waals surface area contributed by atoms with Crippen molar-refractivity contribution in [1.82, 2.24) is 15.1 Å². The lowest BCUT2D eigenvalue weighted by atomic mass is 10.1. The summed E-state index contributed by atoms with van der Waals surface area (Å²) in [5.41, 5.74) is 2.74. The highest BCUT2D eigenvalue weighted by Gasteiger charge is 2.24. The monoisotopic (exact) mass is 391 g/mol. The van der Waals surface area contributed by atoms with Gasteiger partial charge < -0.3 is 15.1 Å². The Labute approximate surface area is 175 Å². The maximum Gasteiger partial charge on any atom is 0.193 e. The molecule has 2 aliphatic rings. The van der Waals surface area contributed by atoms with E-state index in [2.05, 4.69) is 85.7 Å². The molecule has 0 bridgehead atoms. The molecule has 2 aromatic rings. The van der Waals surface area contributed by atoms with Crippen LogP contribution in [-0.2, 0) is 6.54 Å². The first-order valence-corrected chi connectivity index (χ1v) is 10.8. The average molecular weight is 392 g/mol. The van der Waals surface area contributed by atoms with E-state index < -0.39 is 0 Å². The first-order chi connectivity index (χ1) is 14.3. The van der Waals surface area contributed by atoms with Gasteiger partial charge in [-0.25, -0.2) is 0 Å². The van der Waals surface area contributed by atoms with E-state index in [1.54, 1.807) is 0 Å². The number of nitrogens with zero attached hydrogens (tertiary/aromatic N) is 4. The van der Waals surface area contributed by atoms with E-state index in [-0.39, 0.29) is 0 Å². The van der Waals surface area contributed by atoms with Gasteiger partial charge in [-0.05, 0) is 30.0 Å². The topological polar surface area (TPSA) is 34.1 Å². The molecule has 5 heteroatoms. The van der Waals surface area contributed by atoms with Crippen molar-refractivity contribution < 1.29 is 0 Å². The van der Waals surface area contributed by atoms with Crippen molar-refractivity contribution in [3.05, 3.63) is 66.2 Å². The van der Waals surface area contributed by atoms with Gasteiger partial charge in [0.05, 0.1) is 0 Å². The Bertz CT molecular complexity index is 768. The fourth-order valence-electron chi connectivity index (χ4n) is 4.40. The van der Waals surface area contributed by atoms with Crippen LogP contribution in [0.3, 0.4) is 0 Å². The number of aliphatic imine (C=N–C) groups is 1. The summed E-state index contributed by atoms with van der Waals surface area (Å²) in [4.78, 5) is 12.0. The number of benzene rings is 2.